The van der Waals surface area contributed by atoms with Crippen molar-refractivity contribution in [3.63, 3.8) is 0 Å². The Balaban J connectivity index is 1.84. The smallest absolute Gasteiger partial charge is 0.139 e. The van der Waals surface area contributed by atoms with Crippen molar-refractivity contribution in [2.45, 2.75) is 25.7 Å². The van der Waals surface area contributed by atoms with Gasteiger partial charge in [-0.3, -0.25) is 4.79 Å². The van der Waals surface area contributed by atoms with Gasteiger partial charge in [0.15, 0.2) is 0 Å². The zero-order chi connectivity index (χ0) is 8.55. The molecule has 0 spiro atoms. The van der Waals surface area contributed by atoms with Crippen LogP contribution < -0.4 is 0 Å². The van der Waals surface area contributed by atoms with Crippen LogP contribution in [0.1, 0.15) is 25.7 Å². The van der Waals surface area contributed by atoms with Crippen LogP contribution in [0.15, 0.2) is 0 Å². The Morgan fingerprint density at radius 2 is 1.58 bits per heavy atom. The summed E-state index contributed by atoms with van der Waals surface area (Å²) in [6, 6.07) is 0. The third-order valence-corrected chi connectivity index (χ3v) is 3.10. The minimum absolute atomic E-state index is 0.411. The fourth-order valence-electron chi connectivity index (χ4n) is 1.99. The molecule has 2 nitrogen and oxygen atoms in total. The highest BCUT2D eigenvalue weighted by Crippen LogP contribution is 2.35. The highest BCUT2D eigenvalue weighted by atomic mass is 16.1. The fraction of sp³-hybridized carbons (Fsp3) is 0.900. The molecular weight excluding hydrogens is 150 g/mol. The van der Waals surface area contributed by atoms with Crippen LogP contribution in [0.4, 0.5) is 0 Å². The first-order valence-electron chi connectivity index (χ1n) is 4.99. The van der Waals surface area contributed by atoms with Gasteiger partial charge in [0.05, 0.1) is 0 Å². The number of carbonyl (C=O) groups is 1. The number of nitrogens with zero attached hydrogens (tertiary/aromatic N) is 1. The van der Waals surface area contributed by atoms with Crippen LogP contribution in [0.5, 0.6) is 0 Å². The van der Waals surface area contributed by atoms with Crippen LogP contribution in [-0.2, 0) is 4.79 Å². The quantitative estimate of drug-likeness (QED) is 0.618. The zero-order valence-corrected chi connectivity index (χ0v) is 7.75. The van der Waals surface area contributed by atoms with E-state index in [2.05, 4.69) is 11.9 Å². The molecule has 0 aromatic carbocycles. The molecule has 0 aromatic rings. The van der Waals surface area contributed by atoms with Gasteiger partial charge in [-0.1, -0.05) is 0 Å². The highest BCUT2D eigenvalue weighted by molar-refractivity contribution is 5.85. The van der Waals surface area contributed by atoms with Crippen LogP contribution >= 0.6 is 0 Å². The summed E-state index contributed by atoms with van der Waals surface area (Å²) in [6.45, 7) is 2.23. The van der Waals surface area contributed by atoms with Crippen LogP contribution in [0.2, 0.25) is 0 Å². The lowest BCUT2D eigenvalue weighted by atomic mass is 9.90. The van der Waals surface area contributed by atoms with Gasteiger partial charge >= 0.3 is 0 Å². The molecule has 2 aliphatic rings. The number of carbonyl (C=O) groups excluding carboxylic acids is 1. The van der Waals surface area contributed by atoms with E-state index in [-0.39, 0.29) is 0 Å². The number of Topliss-reactive ketones (excluding diaryl/α,β-unsaturated/α-hetero) is 1. The molecule has 68 valence electrons. The van der Waals surface area contributed by atoms with E-state index >= 15 is 0 Å². The molecule has 1 saturated carbocycles. The first-order chi connectivity index (χ1) is 5.77. The third kappa shape index (κ3) is 1.69. The number of hydrogen-bond acceptors (Lipinski definition) is 2. The van der Waals surface area contributed by atoms with Crippen molar-refractivity contribution in [3.05, 3.63) is 0 Å². The van der Waals surface area contributed by atoms with E-state index in [0.29, 0.717) is 17.6 Å². The number of ketones is 1. The van der Waals surface area contributed by atoms with Gasteiger partial charge in [0.2, 0.25) is 0 Å². The monoisotopic (exact) mass is 167 g/mol. The van der Waals surface area contributed by atoms with Crippen LogP contribution in [0.3, 0.4) is 0 Å². The SMILES string of the molecule is CN1CCC(C(=O)C2CC2)CC1. The summed E-state index contributed by atoms with van der Waals surface area (Å²) in [4.78, 5) is 14.0. The number of hydrogen-bond donors (Lipinski definition) is 0. The molecule has 1 aliphatic heterocycles. The Morgan fingerprint density at radius 3 is 2.08 bits per heavy atom. The van der Waals surface area contributed by atoms with E-state index in [4.69, 9.17) is 0 Å². The molecule has 0 aromatic heterocycles. The van der Waals surface area contributed by atoms with Gasteiger partial charge in [0, 0.05) is 11.8 Å². The molecule has 2 fully saturated rings. The molecular formula is C10H17NO. The fourth-order valence-corrected chi connectivity index (χ4v) is 1.99. The van der Waals surface area contributed by atoms with E-state index < -0.39 is 0 Å². The van der Waals surface area contributed by atoms with Gasteiger partial charge < -0.3 is 4.90 Å². The van der Waals surface area contributed by atoms with E-state index in [1.165, 1.54) is 12.8 Å². The minimum atomic E-state index is 0.411. The van der Waals surface area contributed by atoms with Gasteiger partial charge in [0.1, 0.15) is 5.78 Å². The average molecular weight is 167 g/mol. The normalized spacial score (nSPS) is 27.4. The van der Waals surface area contributed by atoms with Crippen LogP contribution in [-0.4, -0.2) is 30.8 Å². The van der Waals surface area contributed by atoms with Crippen LogP contribution in [0, 0.1) is 11.8 Å². The molecule has 0 N–H and O–H groups in total. The molecule has 12 heavy (non-hydrogen) atoms. The van der Waals surface area contributed by atoms with Crippen molar-refractivity contribution >= 4 is 5.78 Å². The molecule has 0 radical (unpaired) electrons. The molecule has 1 heterocycles. The predicted molar refractivity (Wildman–Crippen MR) is 48.0 cm³/mol. The molecule has 2 rings (SSSR count). The maximum atomic E-state index is 11.6. The summed E-state index contributed by atoms with van der Waals surface area (Å²) >= 11 is 0. The number of likely N-dealkylation sites (tertiary alicyclic amines) is 1. The molecule has 0 atom stereocenters. The van der Waals surface area contributed by atoms with E-state index in [0.717, 1.165) is 25.9 Å². The summed E-state index contributed by atoms with van der Waals surface area (Å²) in [5.74, 6) is 1.45. The summed E-state index contributed by atoms with van der Waals surface area (Å²) in [6.07, 6.45) is 4.55. The van der Waals surface area contributed by atoms with Crippen molar-refractivity contribution < 1.29 is 4.79 Å². The van der Waals surface area contributed by atoms with Gasteiger partial charge in [-0.05, 0) is 45.8 Å². The van der Waals surface area contributed by atoms with Crippen LogP contribution in [0.25, 0.3) is 0 Å². The lowest BCUT2D eigenvalue weighted by molar-refractivity contribution is -0.125. The van der Waals surface area contributed by atoms with Gasteiger partial charge in [-0.2, -0.15) is 0 Å². The first-order valence-corrected chi connectivity index (χ1v) is 4.99. The van der Waals surface area contributed by atoms with E-state index in [1.54, 1.807) is 0 Å². The van der Waals surface area contributed by atoms with Gasteiger partial charge in [-0.15, -0.1) is 0 Å². The number of piperidine rings is 1. The van der Waals surface area contributed by atoms with E-state index in [9.17, 15) is 4.79 Å². The average Bonchev–Trinajstić information content (AvgIpc) is 2.87. The third-order valence-electron chi connectivity index (χ3n) is 3.10. The molecule has 1 saturated heterocycles. The Morgan fingerprint density at radius 1 is 1.08 bits per heavy atom. The lowest BCUT2D eigenvalue weighted by Gasteiger charge is -2.27. The van der Waals surface area contributed by atoms with Gasteiger partial charge in [-0.25, -0.2) is 0 Å². The minimum Gasteiger partial charge on any atom is -0.306 e. The summed E-state index contributed by atoms with van der Waals surface area (Å²) < 4.78 is 0. The highest BCUT2D eigenvalue weighted by Gasteiger charge is 2.35. The Labute approximate surface area is 73.9 Å². The summed E-state index contributed by atoms with van der Waals surface area (Å²) in [7, 11) is 2.14. The standard InChI is InChI=1S/C10H17NO/c1-11-6-4-9(5-7-11)10(12)8-2-3-8/h8-9H,2-7H2,1H3. The molecule has 2 heteroatoms. The van der Waals surface area contributed by atoms with Crippen molar-refractivity contribution in [3.8, 4) is 0 Å². The largest absolute Gasteiger partial charge is 0.306 e. The number of rotatable bonds is 2. The Hall–Kier alpha value is -0.370. The molecule has 0 bridgehead atoms. The maximum absolute atomic E-state index is 11.6. The van der Waals surface area contributed by atoms with Crippen molar-refractivity contribution in [1.29, 1.82) is 0 Å². The predicted octanol–water partition coefficient (Wildman–Crippen LogP) is 1.31. The maximum Gasteiger partial charge on any atom is 0.139 e. The van der Waals surface area contributed by atoms with Crippen molar-refractivity contribution in [2.24, 2.45) is 11.8 Å². The first kappa shape index (κ1) is 8.24. The molecule has 1 aliphatic carbocycles. The topological polar surface area (TPSA) is 20.3 Å². The Kier molecular flexibility index (Phi) is 2.18. The van der Waals surface area contributed by atoms with Gasteiger partial charge in [0.25, 0.3) is 0 Å². The second kappa shape index (κ2) is 3.17. The second-order valence-corrected chi connectivity index (χ2v) is 4.25. The Bertz CT molecular complexity index is 178. The lowest BCUT2D eigenvalue weighted by Crippen LogP contribution is -2.34. The summed E-state index contributed by atoms with van der Waals surface area (Å²) in [5.41, 5.74) is 0. The zero-order valence-electron chi connectivity index (χ0n) is 7.75. The van der Waals surface area contributed by atoms with E-state index in [1.807, 2.05) is 0 Å². The molecule has 0 amide bonds. The summed E-state index contributed by atoms with van der Waals surface area (Å²) in [5, 5.41) is 0. The second-order valence-electron chi connectivity index (χ2n) is 4.25. The van der Waals surface area contributed by atoms with Crippen molar-refractivity contribution in [2.75, 3.05) is 20.1 Å². The molecule has 0 unspecified atom stereocenters. The van der Waals surface area contributed by atoms with Crippen molar-refractivity contribution in [1.82, 2.24) is 4.90 Å².